The zero-order valence-electron chi connectivity index (χ0n) is 15.7. The summed E-state index contributed by atoms with van der Waals surface area (Å²) >= 11 is 0. The Labute approximate surface area is 162 Å². The van der Waals surface area contributed by atoms with Gasteiger partial charge in [-0.2, -0.15) is 5.26 Å². The fraction of sp³-hybridized carbons (Fsp3) is 0.579. The van der Waals surface area contributed by atoms with Crippen LogP contribution >= 0.6 is 0 Å². The summed E-state index contributed by atoms with van der Waals surface area (Å²) in [5.74, 6) is -0.855. The smallest absolute Gasteiger partial charge is 0.274 e. The lowest BCUT2D eigenvalue weighted by atomic mass is 10.1. The average Bonchev–Trinajstić information content (AvgIpc) is 3.43. The Balaban J connectivity index is 1.40. The number of carbonyl (C=O) groups excluding carboxylic acids is 3. The molecule has 0 N–H and O–H groups in total. The maximum atomic E-state index is 12.8. The van der Waals surface area contributed by atoms with Gasteiger partial charge in [0.15, 0.2) is 0 Å². The van der Waals surface area contributed by atoms with Crippen LogP contribution in [0.2, 0.25) is 0 Å². The lowest BCUT2D eigenvalue weighted by Gasteiger charge is -2.35. The number of hydrogen-bond acceptors (Lipinski definition) is 6. The number of rotatable bonds is 4. The summed E-state index contributed by atoms with van der Waals surface area (Å²) < 4.78 is 0. The van der Waals surface area contributed by atoms with Crippen LogP contribution in [0.25, 0.3) is 0 Å². The van der Waals surface area contributed by atoms with Crippen LogP contribution < -0.4 is 0 Å². The average molecular weight is 382 g/mol. The highest BCUT2D eigenvalue weighted by atomic mass is 16.2. The third-order valence-corrected chi connectivity index (χ3v) is 5.91. The van der Waals surface area contributed by atoms with Crippen molar-refractivity contribution in [2.75, 3.05) is 19.6 Å². The van der Waals surface area contributed by atoms with Crippen molar-refractivity contribution in [3.05, 3.63) is 24.3 Å². The molecule has 0 radical (unpaired) electrons. The van der Waals surface area contributed by atoms with Gasteiger partial charge in [0.05, 0.1) is 24.2 Å². The van der Waals surface area contributed by atoms with Crippen molar-refractivity contribution in [3.8, 4) is 6.07 Å². The van der Waals surface area contributed by atoms with Crippen LogP contribution in [0.3, 0.4) is 0 Å². The molecule has 0 saturated carbocycles. The highest BCUT2D eigenvalue weighted by molar-refractivity contribution is 5.98. The van der Waals surface area contributed by atoms with Crippen molar-refractivity contribution in [3.63, 3.8) is 0 Å². The second-order valence-corrected chi connectivity index (χ2v) is 7.66. The number of piperazine rings is 1. The van der Waals surface area contributed by atoms with Crippen LogP contribution in [0.15, 0.2) is 18.6 Å². The number of hydrogen-bond donors (Lipinski definition) is 0. The van der Waals surface area contributed by atoms with Crippen molar-refractivity contribution in [1.82, 2.24) is 24.7 Å². The summed E-state index contributed by atoms with van der Waals surface area (Å²) in [5, 5.41) is 9.20. The molecule has 3 fully saturated rings. The van der Waals surface area contributed by atoms with Gasteiger partial charge in [0.1, 0.15) is 17.8 Å². The van der Waals surface area contributed by atoms with Crippen LogP contribution in [0.5, 0.6) is 0 Å². The second kappa shape index (κ2) is 7.19. The predicted octanol–water partition coefficient (Wildman–Crippen LogP) is 0.0526. The highest BCUT2D eigenvalue weighted by Gasteiger charge is 2.52. The molecule has 2 bridgehead atoms. The molecule has 3 saturated heterocycles. The fourth-order valence-corrected chi connectivity index (χ4v) is 4.49. The maximum Gasteiger partial charge on any atom is 0.274 e. The van der Waals surface area contributed by atoms with E-state index in [0.717, 1.165) is 6.42 Å². The van der Waals surface area contributed by atoms with Gasteiger partial charge in [-0.3, -0.25) is 19.4 Å². The number of nitriles is 1. The van der Waals surface area contributed by atoms with E-state index in [1.165, 1.54) is 18.6 Å². The Morgan fingerprint density at radius 3 is 2.86 bits per heavy atom. The van der Waals surface area contributed by atoms with Crippen LogP contribution in [0, 0.1) is 17.2 Å². The first-order chi connectivity index (χ1) is 13.5. The molecule has 0 spiro atoms. The summed E-state index contributed by atoms with van der Waals surface area (Å²) in [7, 11) is 0. The number of nitrogens with zero attached hydrogens (tertiary/aromatic N) is 6. The minimum Gasteiger partial charge on any atom is -0.335 e. The van der Waals surface area contributed by atoms with Crippen LogP contribution in [-0.2, 0) is 9.59 Å². The normalized spacial score (nSPS) is 27.2. The molecule has 0 aromatic carbocycles. The Hall–Kier alpha value is -3.02. The molecule has 28 heavy (non-hydrogen) atoms. The summed E-state index contributed by atoms with van der Waals surface area (Å²) in [5.41, 5.74) is 0.231. The number of carbonyl (C=O) groups is 3. The summed E-state index contributed by atoms with van der Waals surface area (Å²) in [6.07, 6.45) is 6.48. The van der Waals surface area contributed by atoms with Gasteiger partial charge >= 0.3 is 0 Å². The van der Waals surface area contributed by atoms with E-state index >= 15 is 0 Å². The number of likely N-dealkylation sites (tertiary alicyclic amines) is 3. The van der Waals surface area contributed by atoms with E-state index in [0.29, 0.717) is 32.5 Å². The van der Waals surface area contributed by atoms with Crippen LogP contribution in [-0.4, -0.2) is 80.1 Å². The van der Waals surface area contributed by atoms with E-state index in [-0.39, 0.29) is 41.4 Å². The number of amides is 3. The van der Waals surface area contributed by atoms with Gasteiger partial charge in [-0.05, 0) is 19.3 Å². The standard InChI is InChI=1S/C19H22N6O3/c1-12(17(26)23-6-2-3-13(23)8-20)10-24-14-7-16(19(24)28)25(11-14)18(27)15-9-21-4-5-22-15/h4-5,9,12-14,16H,2-3,6-7,10-11H2,1H3/t12-,13-,14-,16-/m0/s1. The maximum absolute atomic E-state index is 12.8. The Kier molecular flexibility index (Phi) is 4.71. The van der Waals surface area contributed by atoms with E-state index in [1.807, 2.05) is 0 Å². The third-order valence-electron chi connectivity index (χ3n) is 5.91. The molecule has 9 nitrogen and oxygen atoms in total. The molecule has 146 valence electrons. The molecular formula is C19H22N6O3. The molecule has 3 amide bonds. The number of aromatic nitrogens is 2. The zero-order chi connectivity index (χ0) is 19.8. The van der Waals surface area contributed by atoms with E-state index in [4.69, 9.17) is 0 Å². The highest BCUT2D eigenvalue weighted by Crippen LogP contribution is 2.33. The first kappa shape index (κ1) is 18.3. The van der Waals surface area contributed by atoms with Crippen molar-refractivity contribution < 1.29 is 14.4 Å². The minimum atomic E-state index is -0.500. The molecule has 3 aliphatic heterocycles. The minimum absolute atomic E-state index is 0.0767. The first-order valence-corrected chi connectivity index (χ1v) is 9.58. The predicted molar refractivity (Wildman–Crippen MR) is 96.5 cm³/mol. The van der Waals surface area contributed by atoms with E-state index < -0.39 is 6.04 Å². The van der Waals surface area contributed by atoms with E-state index in [1.54, 1.807) is 21.6 Å². The molecule has 4 atom stereocenters. The van der Waals surface area contributed by atoms with Gasteiger partial charge in [-0.15, -0.1) is 0 Å². The topological polar surface area (TPSA) is 110 Å². The monoisotopic (exact) mass is 382 g/mol. The van der Waals surface area contributed by atoms with E-state index in [9.17, 15) is 19.6 Å². The molecule has 1 aromatic heterocycles. The first-order valence-electron chi connectivity index (χ1n) is 9.58. The second-order valence-electron chi connectivity index (χ2n) is 7.66. The molecule has 4 rings (SSSR count). The SMILES string of the molecule is C[C@@H](CN1C(=O)[C@@H]2C[C@H]1CN2C(=O)c1cnccn1)C(=O)N1CCC[C@H]1C#N. The summed E-state index contributed by atoms with van der Waals surface area (Å²) in [6.45, 7) is 3.16. The quantitative estimate of drug-likeness (QED) is 0.728. The fourth-order valence-electron chi connectivity index (χ4n) is 4.49. The lowest BCUT2D eigenvalue weighted by molar-refractivity contribution is -0.140. The Morgan fingerprint density at radius 2 is 2.18 bits per heavy atom. The largest absolute Gasteiger partial charge is 0.335 e. The Morgan fingerprint density at radius 1 is 1.36 bits per heavy atom. The lowest BCUT2D eigenvalue weighted by Crippen LogP contribution is -2.54. The van der Waals surface area contributed by atoms with Crippen molar-refractivity contribution in [2.45, 2.75) is 44.3 Å². The van der Waals surface area contributed by atoms with E-state index in [2.05, 4.69) is 16.0 Å². The number of fused-ring (bicyclic) bond motifs is 2. The van der Waals surface area contributed by atoms with Crippen molar-refractivity contribution >= 4 is 17.7 Å². The molecule has 4 heterocycles. The molecule has 3 aliphatic rings. The van der Waals surface area contributed by atoms with Gasteiger partial charge in [-0.25, -0.2) is 4.98 Å². The third kappa shape index (κ3) is 2.99. The zero-order valence-corrected chi connectivity index (χ0v) is 15.7. The summed E-state index contributed by atoms with van der Waals surface area (Å²) in [4.78, 5) is 51.0. The van der Waals surface area contributed by atoms with Gasteiger partial charge in [-0.1, -0.05) is 6.92 Å². The molecule has 1 aromatic rings. The van der Waals surface area contributed by atoms with Gasteiger partial charge in [0.25, 0.3) is 5.91 Å². The van der Waals surface area contributed by atoms with Crippen molar-refractivity contribution in [1.29, 1.82) is 5.26 Å². The molecule has 0 aliphatic carbocycles. The van der Waals surface area contributed by atoms with Gasteiger partial charge in [0, 0.05) is 32.0 Å². The Bertz CT molecular complexity index is 838. The van der Waals surface area contributed by atoms with Gasteiger partial charge < -0.3 is 14.7 Å². The van der Waals surface area contributed by atoms with Gasteiger partial charge in [0.2, 0.25) is 11.8 Å². The van der Waals surface area contributed by atoms with Crippen LogP contribution in [0.4, 0.5) is 0 Å². The molecular weight excluding hydrogens is 360 g/mol. The molecule has 9 heteroatoms. The van der Waals surface area contributed by atoms with Crippen molar-refractivity contribution in [2.24, 2.45) is 5.92 Å². The molecule has 0 unspecified atom stereocenters. The summed E-state index contributed by atoms with van der Waals surface area (Å²) in [6, 6.07) is 1.24. The van der Waals surface area contributed by atoms with Crippen LogP contribution in [0.1, 0.15) is 36.7 Å².